The van der Waals surface area contributed by atoms with Gasteiger partial charge in [0.25, 0.3) is 0 Å². The monoisotopic (exact) mass is 347 g/mol. The standard InChI is InChI=1S/C11H11BrFN3O2S/c12-8-2-1-3-9(13)11(8)14-4-7(17)6-18-10-5-15-19-16-10/h1-3,5,7,14,17H,4,6H2. The van der Waals surface area contributed by atoms with Crippen molar-refractivity contribution in [3.05, 3.63) is 34.7 Å². The van der Waals surface area contributed by atoms with E-state index < -0.39 is 6.10 Å². The Hall–Kier alpha value is -1.25. The van der Waals surface area contributed by atoms with Crippen LogP contribution in [0.15, 0.2) is 28.9 Å². The SMILES string of the molecule is OC(CNc1c(F)cccc1Br)COc1cnsn1. The maximum absolute atomic E-state index is 13.5. The van der Waals surface area contributed by atoms with Crippen molar-refractivity contribution >= 4 is 33.3 Å². The molecular formula is C11H11BrFN3O2S. The maximum atomic E-state index is 13.5. The summed E-state index contributed by atoms with van der Waals surface area (Å²) in [4.78, 5) is 0. The number of anilines is 1. The number of ether oxygens (including phenoxy) is 1. The van der Waals surface area contributed by atoms with E-state index >= 15 is 0 Å². The molecule has 0 radical (unpaired) electrons. The van der Waals surface area contributed by atoms with Crippen molar-refractivity contribution in [1.29, 1.82) is 0 Å². The van der Waals surface area contributed by atoms with Crippen molar-refractivity contribution < 1.29 is 14.2 Å². The van der Waals surface area contributed by atoms with Gasteiger partial charge < -0.3 is 15.2 Å². The highest BCUT2D eigenvalue weighted by atomic mass is 79.9. The third-order valence-electron chi connectivity index (χ3n) is 2.24. The molecule has 2 N–H and O–H groups in total. The molecule has 0 amide bonds. The van der Waals surface area contributed by atoms with E-state index in [-0.39, 0.29) is 19.0 Å². The highest BCUT2D eigenvalue weighted by Crippen LogP contribution is 2.24. The molecule has 0 aliphatic rings. The highest BCUT2D eigenvalue weighted by Gasteiger charge is 2.10. The Labute approximate surface area is 121 Å². The Balaban J connectivity index is 1.81. The van der Waals surface area contributed by atoms with Crippen LogP contribution in [-0.4, -0.2) is 33.1 Å². The van der Waals surface area contributed by atoms with Gasteiger partial charge in [-0.25, -0.2) is 4.39 Å². The minimum atomic E-state index is -0.784. The summed E-state index contributed by atoms with van der Waals surface area (Å²) in [6, 6.07) is 4.66. The average Bonchev–Trinajstić information content (AvgIpc) is 2.89. The zero-order valence-electron chi connectivity index (χ0n) is 9.72. The van der Waals surface area contributed by atoms with Crippen LogP contribution in [0, 0.1) is 5.82 Å². The van der Waals surface area contributed by atoms with Crippen molar-refractivity contribution in [3.8, 4) is 5.88 Å². The van der Waals surface area contributed by atoms with Crippen LogP contribution in [0.25, 0.3) is 0 Å². The number of benzene rings is 1. The summed E-state index contributed by atoms with van der Waals surface area (Å²) < 4.78 is 26.9. The van der Waals surface area contributed by atoms with Crippen LogP contribution in [0.4, 0.5) is 10.1 Å². The Kier molecular flexibility index (Phi) is 5.06. The predicted molar refractivity (Wildman–Crippen MR) is 74.0 cm³/mol. The summed E-state index contributed by atoms with van der Waals surface area (Å²) in [5, 5.41) is 12.5. The average molecular weight is 348 g/mol. The molecule has 0 saturated carbocycles. The molecule has 8 heteroatoms. The van der Waals surface area contributed by atoms with Crippen LogP contribution in [-0.2, 0) is 0 Å². The van der Waals surface area contributed by atoms with Crippen molar-refractivity contribution in [2.45, 2.75) is 6.10 Å². The highest BCUT2D eigenvalue weighted by molar-refractivity contribution is 9.10. The van der Waals surface area contributed by atoms with E-state index in [4.69, 9.17) is 4.74 Å². The van der Waals surface area contributed by atoms with Gasteiger partial charge >= 0.3 is 0 Å². The molecule has 19 heavy (non-hydrogen) atoms. The molecule has 1 unspecified atom stereocenters. The number of hydrogen-bond acceptors (Lipinski definition) is 6. The van der Waals surface area contributed by atoms with E-state index in [1.54, 1.807) is 12.1 Å². The Morgan fingerprint density at radius 3 is 3.05 bits per heavy atom. The third kappa shape index (κ3) is 4.12. The summed E-state index contributed by atoms with van der Waals surface area (Å²) >= 11 is 4.26. The Morgan fingerprint density at radius 2 is 2.37 bits per heavy atom. The van der Waals surface area contributed by atoms with E-state index in [0.29, 0.717) is 16.0 Å². The summed E-state index contributed by atoms with van der Waals surface area (Å²) in [5.41, 5.74) is 0.317. The van der Waals surface area contributed by atoms with Gasteiger partial charge in [-0.1, -0.05) is 6.07 Å². The first-order valence-corrected chi connectivity index (χ1v) is 6.95. The van der Waals surface area contributed by atoms with E-state index in [9.17, 15) is 9.50 Å². The lowest BCUT2D eigenvalue weighted by Crippen LogP contribution is -2.26. The largest absolute Gasteiger partial charge is 0.473 e. The molecule has 1 heterocycles. The molecular weight excluding hydrogens is 337 g/mol. The number of aliphatic hydroxyl groups is 1. The van der Waals surface area contributed by atoms with Gasteiger partial charge in [-0.15, -0.1) is 4.37 Å². The van der Waals surface area contributed by atoms with E-state index in [1.165, 1.54) is 12.3 Å². The van der Waals surface area contributed by atoms with Crippen LogP contribution in [0.3, 0.4) is 0 Å². The summed E-state index contributed by atoms with van der Waals surface area (Å²) in [6.45, 7) is 0.224. The van der Waals surface area contributed by atoms with Crippen molar-refractivity contribution in [2.24, 2.45) is 0 Å². The van der Waals surface area contributed by atoms with Gasteiger partial charge in [-0.2, -0.15) is 4.37 Å². The molecule has 1 atom stereocenters. The number of rotatable bonds is 6. The quantitative estimate of drug-likeness (QED) is 0.839. The normalized spacial score (nSPS) is 12.2. The number of aliphatic hydroxyl groups excluding tert-OH is 1. The fourth-order valence-electron chi connectivity index (χ4n) is 1.35. The Morgan fingerprint density at radius 1 is 1.53 bits per heavy atom. The zero-order chi connectivity index (χ0) is 13.7. The molecule has 1 aromatic carbocycles. The topological polar surface area (TPSA) is 67.3 Å². The van der Waals surface area contributed by atoms with Crippen LogP contribution in [0.5, 0.6) is 5.88 Å². The summed E-state index contributed by atoms with van der Waals surface area (Å²) in [5.74, 6) is -0.0117. The van der Waals surface area contributed by atoms with Crippen molar-refractivity contribution in [3.63, 3.8) is 0 Å². The fraction of sp³-hybridized carbons (Fsp3) is 0.273. The lowest BCUT2D eigenvalue weighted by atomic mass is 10.3. The smallest absolute Gasteiger partial charge is 0.245 e. The second-order valence-corrected chi connectivity index (χ2v) is 5.10. The maximum Gasteiger partial charge on any atom is 0.245 e. The fourth-order valence-corrected chi connectivity index (χ4v) is 2.19. The molecule has 0 saturated heterocycles. The second kappa shape index (κ2) is 6.78. The second-order valence-electron chi connectivity index (χ2n) is 3.69. The summed E-state index contributed by atoms with van der Waals surface area (Å²) in [7, 11) is 0. The van der Waals surface area contributed by atoms with Crippen LogP contribution in [0.2, 0.25) is 0 Å². The van der Waals surface area contributed by atoms with Crippen LogP contribution >= 0.6 is 27.7 Å². The first kappa shape index (κ1) is 14.2. The zero-order valence-corrected chi connectivity index (χ0v) is 12.1. The summed E-state index contributed by atoms with van der Waals surface area (Å²) in [6.07, 6.45) is 0.686. The van der Waals surface area contributed by atoms with Crippen molar-refractivity contribution in [2.75, 3.05) is 18.5 Å². The minimum absolute atomic E-state index is 0.0600. The van der Waals surface area contributed by atoms with E-state index in [2.05, 4.69) is 30.0 Å². The van der Waals surface area contributed by atoms with Gasteiger partial charge in [0.05, 0.1) is 17.4 Å². The minimum Gasteiger partial charge on any atom is -0.473 e. The number of halogens is 2. The van der Waals surface area contributed by atoms with Gasteiger partial charge in [-0.05, 0) is 28.1 Å². The number of para-hydroxylation sites is 1. The van der Waals surface area contributed by atoms with Crippen LogP contribution in [0.1, 0.15) is 0 Å². The lowest BCUT2D eigenvalue weighted by Gasteiger charge is -2.14. The number of aromatic nitrogens is 2. The molecule has 0 fully saturated rings. The molecule has 0 bridgehead atoms. The molecule has 2 aromatic rings. The van der Waals surface area contributed by atoms with Gasteiger partial charge in [0.1, 0.15) is 24.7 Å². The molecule has 0 aliphatic heterocycles. The van der Waals surface area contributed by atoms with E-state index in [0.717, 1.165) is 11.7 Å². The molecule has 1 aromatic heterocycles. The molecule has 2 rings (SSSR count). The molecule has 102 valence electrons. The van der Waals surface area contributed by atoms with Gasteiger partial charge in [0, 0.05) is 11.0 Å². The predicted octanol–water partition coefficient (Wildman–Crippen LogP) is 2.29. The number of nitrogens with zero attached hydrogens (tertiary/aromatic N) is 2. The third-order valence-corrected chi connectivity index (χ3v) is 3.36. The van der Waals surface area contributed by atoms with Crippen molar-refractivity contribution in [1.82, 2.24) is 8.75 Å². The van der Waals surface area contributed by atoms with Gasteiger partial charge in [-0.3, -0.25) is 0 Å². The molecule has 0 spiro atoms. The first-order chi connectivity index (χ1) is 9.16. The Bertz CT molecular complexity index is 506. The van der Waals surface area contributed by atoms with Crippen LogP contribution < -0.4 is 10.1 Å². The van der Waals surface area contributed by atoms with Gasteiger partial charge in [0.2, 0.25) is 5.88 Å². The number of nitrogens with one attached hydrogen (secondary N) is 1. The molecule has 5 nitrogen and oxygen atoms in total. The van der Waals surface area contributed by atoms with Gasteiger partial charge in [0.15, 0.2) is 0 Å². The number of hydrogen-bond donors (Lipinski definition) is 2. The van der Waals surface area contributed by atoms with E-state index in [1.807, 2.05) is 0 Å². The molecule has 0 aliphatic carbocycles. The first-order valence-electron chi connectivity index (χ1n) is 5.43. The lowest BCUT2D eigenvalue weighted by molar-refractivity contribution is 0.115.